The summed E-state index contributed by atoms with van der Waals surface area (Å²) in [5, 5.41) is 6.49. The van der Waals surface area contributed by atoms with E-state index in [1.807, 2.05) is 43.3 Å². The van der Waals surface area contributed by atoms with Gasteiger partial charge in [0.25, 0.3) is 5.56 Å². The van der Waals surface area contributed by atoms with Gasteiger partial charge in [0.1, 0.15) is 17.2 Å². The van der Waals surface area contributed by atoms with Crippen molar-refractivity contribution in [2.45, 2.75) is 33.1 Å². The highest BCUT2D eigenvalue weighted by Gasteiger charge is 2.32. The molecule has 2 aromatic heterocycles. The van der Waals surface area contributed by atoms with Gasteiger partial charge >= 0.3 is 0 Å². The zero-order chi connectivity index (χ0) is 29.0. The normalized spacial score (nSPS) is 14.8. The van der Waals surface area contributed by atoms with Gasteiger partial charge < -0.3 is 24.8 Å². The van der Waals surface area contributed by atoms with Gasteiger partial charge in [-0.1, -0.05) is 23.7 Å². The van der Waals surface area contributed by atoms with Crippen molar-refractivity contribution in [1.82, 2.24) is 14.5 Å². The molecule has 2 N–H and O–H groups in total. The summed E-state index contributed by atoms with van der Waals surface area (Å²) in [6, 6.07) is 18.1. The van der Waals surface area contributed by atoms with E-state index in [1.165, 1.54) is 10.8 Å². The number of amides is 1. The van der Waals surface area contributed by atoms with Crippen molar-refractivity contribution in [3.63, 3.8) is 0 Å². The molecule has 0 aliphatic carbocycles. The van der Waals surface area contributed by atoms with E-state index in [-0.39, 0.29) is 31.4 Å². The Morgan fingerprint density at radius 2 is 1.68 bits per heavy atom. The zero-order valence-electron chi connectivity index (χ0n) is 22.9. The number of carbonyl (C=O) groups excluding carboxylic acids is 1. The number of hydrogen-bond acceptors (Lipinski definition) is 8. The number of halogens is 1. The molecular weight excluding hydrogens is 546 g/mol. The molecule has 1 aliphatic rings. The highest BCUT2D eigenvalue weighted by atomic mass is 35.5. The second kappa shape index (κ2) is 12.1. The van der Waals surface area contributed by atoms with Crippen molar-refractivity contribution in [2.75, 3.05) is 23.8 Å². The van der Waals surface area contributed by atoms with Crippen LogP contribution in [-0.4, -0.2) is 39.4 Å². The lowest BCUT2D eigenvalue weighted by molar-refractivity contribution is -0.258. The number of ether oxygens (including phenoxy) is 3. The Bertz CT molecular complexity index is 1560. The lowest BCUT2D eigenvalue weighted by Crippen LogP contribution is -2.44. The molecule has 0 atom stereocenters. The summed E-state index contributed by atoms with van der Waals surface area (Å²) in [6.07, 6.45) is 3.01. The summed E-state index contributed by atoms with van der Waals surface area (Å²) < 4.78 is 18.5. The summed E-state index contributed by atoms with van der Waals surface area (Å²) >= 11 is 6.05. The van der Waals surface area contributed by atoms with Crippen LogP contribution in [0.4, 0.5) is 17.3 Å². The van der Waals surface area contributed by atoms with Crippen LogP contribution in [0.5, 0.6) is 11.5 Å². The van der Waals surface area contributed by atoms with Crippen molar-refractivity contribution in [1.29, 1.82) is 0 Å². The number of nitrogens with one attached hydrogen (secondary N) is 2. The largest absolute Gasteiger partial charge is 0.456 e. The van der Waals surface area contributed by atoms with Gasteiger partial charge in [-0.3, -0.25) is 19.1 Å². The molecule has 3 heterocycles. The van der Waals surface area contributed by atoms with Crippen molar-refractivity contribution >= 4 is 34.8 Å². The third kappa shape index (κ3) is 7.29. The number of aromatic nitrogens is 3. The van der Waals surface area contributed by atoms with Gasteiger partial charge in [-0.25, -0.2) is 4.98 Å². The lowest BCUT2D eigenvalue weighted by Gasteiger charge is -2.34. The van der Waals surface area contributed by atoms with Crippen molar-refractivity contribution in [3.8, 4) is 11.5 Å². The Morgan fingerprint density at radius 3 is 2.34 bits per heavy atom. The fourth-order valence-electron chi connectivity index (χ4n) is 4.06. The minimum Gasteiger partial charge on any atom is -0.456 e. The second-order valence-corrected chi connectivity index (χ2v) is 10.5. The molecule has 5 rings (SSSR count). The van der Waals surface area contributed by atoms with Gasteiger partial charge in [0.05, 0.1) is 38.1 Å². The molecule has 11 heteroatoms. The maximum atomic E-state index is 13.6. The molecule has 1 saturated heterocycles. The van der Waals surface area contributed by atoms with E-state index in [2.05, 4.69) is 20.6 Å². The van der Waals surface area contributed by atoms with E-state index < -0.39 is 17.3 Å². The van der Waals surface area contributed by atoms with E-state index in [0.717, 1.165) is 11.3 Å². The molecule has 1 amide bonds. The summed E-state index contributed by atoms with van der Waals surface area (Å²) in [6.45, 7) is 6.05. The molecule has 41 heavy (non-hydrogen) atoms. The number of anilines is 3. The van der Waals surface area contributed by atoms with E-state index in [0.29, 0.717) is 28.2 Å². The van der Waals surface area contributed by atoms with Gasteiger partial charge in [0, 0.05) is 16.4 Å². The first-order valence-electron chi connectivity index (χ1n) is 13.1. The maximum Gasteiger partial charge on any atom is 0.279 e. The van der Waals surface area contributed by atoms with Gasteiger partial charge in [-0.15, -0.1) is 0 Å². The predicted molar refractivity (Wildman–Crippen MR) is 156 cm³/mol. The standard InChI is InChI=1S/C30H30ClN5O5/c1-19-4-11-25(14-32-19)41-24-12-9-23(10-13-24)34-29-33-15-26(35-27(37)21-17-39-30(2,3)40-18-21)28(38)36(29)16-20-5-7-22(31)8-6-20/h4-15,21H,16-18H2,1-3H3,(H,33,34)(H,35,37). The van der Waals surface area contributed by atoms with Crippen LogP contribution in [0.15, 0.2) is 77.9 Å². The summed E-state index contributed by atoms with van der Waals surface area (Å²) in [7, 11) is 0. The molecule has 1 aliphatic heterocycles. The van der Waals surface area contributed by atoms with Crippen molar-refractivity contribution in [3.05, 3.63) is 99.7 Å². The zero-order valence-corrected chi connectivity index (χ0v) is 23.6. The Labute approximate surface area is 242 Å². The monoisotopic (exact) mass is 575 g/mol. The molecule has 1 fully saturated rings. The summed E-state index contributed by atoms with van der Waals surface area (Å²) in [5.41, 5.74) is 2.05. The molecule has 4 aromatic rings. The summed E-state index contributed by atoms with van der Waals surface area (Å²) in [5.74, 6) is -0.129. The van der Waals surface area contributed by atoms with Crippen LogP contribution in [0.3, 0.4) is 0 Å². The molecule has 0 bridgehead atoms. The van der Waals surface area contributed by atoms with Crippen LogP contribution in [0, 0.1) is 12.8 Å². The number of pyridine rings is 1. The average molecular weight is 576 g/mol. The molecule has 0 spiro atoms. The number of nitrogens with zero attached hydrogens (tertiary/aromatic N) is 3. The van der Waals surface area contributed by atoms with Crippen LogP contribution in [0.1, 0.15) is 25.1 Å². The molecular formula is C30H30ClN5O5. The van der Waals surface area contributed by atoms with Crippen LogP contribution >= 0.6 is 11.6 Å². The SMILES string of the molecule is Cc1ccc(Oc2ccc(Nc3ncc(NC(=O)C4COC(C)(C)OC4)c(=O)n3Cc3ccc(Cl)cc3)cc2)cn1. The van der Waals surface area contributed by atoms with E-state index in [9.17, 15) is 9.59 Å². The van der Waals surface area contributed by atoms with Crippen molar-refractivity contribution < 1.29 is 19.0 Å². The van der Waals surface area contributed by atoms with Crippen LogP contribution in [0.25, 0.3) is 0 Å². The van der Waals surface area contributed by atoms with Gasteiger partial charge in [0.15, 0.2) is 5.79 Å². The highest BCUT2D eigenvalue weighted by molar-refractivity contribution is 6.30. The molecule has 0 saturated carbocycles. The molecule has 0 unspecified atom stereocenters. The first-order valence-corrected chi connectivity index (χ1v) is 13.4. The molecule has 2 aromatic carbocycles. The number of hydrogen-bond donors (Lipinski definition) is 2. The fourth-order valence-corrected chi connectivity index (χ4v) is 4.19. The highest BCUT2D eigenvalue weighted by Crippen LogP contribution is 2.25. The number of aryl methyl sites for hydroxylation is 1. The predicted octanol–water partition coefficient (Wildman–Crippen LogP) is 5.52. The second-order valence-electron chi connectivity index (χ2n) is 10.1. The Hall–Kier alpha value is -4.25. The van der Waals surface area contributed by atoms with Gasteiger partial charge in [0.2, 0.25) is 11.9 Å². The van der Waals surface area contributed by atoms with E-state index >= 15 is 0 Å². The van der Waals surface area contributed by atoms with E-state index in [4.69, 9.17) is 25.8 Å². The molecule has 10 nitrogen and oxygen atoms in total. The van der Waals surface area contributed by atoms with Crippen molar-refractivity contribution in [2.24, 2.45) is 5.92 Å². The van der Waals surface area contributed by atoms with Crippen LogP contribution < -0.4 is 20.9 Å². The topological polar surface area (TPSA) is 117 Å². The quantitative estimate of drug-likeness (QED) is 0.282. The number of rotatable bonds is 8. The first kappa shape index (κ1) is 28.3. The minimum atomic E-state index is -0.751. The number of carbonyl (C=O) groups is 1. The lowest BCUT2D eigenvalue weighted by atomic mass is 10.1. The average Bonchev–Trinajstić information content (AvgIpc) is 2.95. The maximum absolute atomic E-state index is 13.6. The molecule has 0 radical (unpaired) electrons. The van der Waals surface area contributed by atoms with Gasteiger partial charge in [-0.2, -0.15) is 0 Å². The number of benzene rings is 2. The van der Waals surface area contributed by atoms with E-state index in [1.54, 1.807) is 44.3 Å². The smallest absolute Gasteiger partial charge is 0.279 e. The first-order chi connectivity index (χ1) is 19.6. The molecule has 212 valence electrons. The Morgan fingerprint density at radius 1 is 1.00 bits per heavy atom. The third-order valence-corrected chi connectivity index (χ3v) is 6.68. The minimum absolute atomic E-state index is 0.0507. The fraction of sp³-hybridized carbons (Fsp3) is 0.267. The van der Waals surface area contributed by atoms with Crippen LogP contribution in [-0.2, 0) is 20.8 Å². The third-order valence-electron chi connectivity index (χ3n) is 6.42. The van der Waals surface area contributed by atoms with Gasteiger partial charge in [-0.05, 0) is 74.9 Å². The Kier molecular flexibility index (Phi) is 8.34. The van der Waals surface area contributed by atoms with Crippen LogP contribution in [0.2, 0.25) is 5.02 Å². The Balaban J connectivity index is 1.37. The summed E-state index contributed by atoms with van der Waals surface area (Å²) in [4.78, 5) is 35.2.